The van der Waals surface area contributed by atoms with E-state index < -0.39 is 0 Å². The topological polar surface area (TPSA) is 63.0 Å². The lowest BCUT2D eigenvalue weighted by atomic mass is 9.90. The molecule has 6 rings (SSSR count). The molecule has 1 saturated heterocycles. The number of hydrogen-bond acceptors (Lipinski definition) is 3. The van der Waals surface area contributed by atoms with Crippen LogP contribution in [0.1, 0.15) is 55.7 Å². The van der Waals surface area contributed by atoms with E-state index in [9.17, 15) is 9.59 Å². The number of unbranched alkanes of at least 4 members (excludes halogenated alkanes) is 1. The van der Waals surface area contributed by atoms with Gasteiger partial charge in [-0.15, -0.1) is 0 Å². The van der Waals surface area contributed by atoms with Crippen molar-refractivity contribution in [3.8, 4) is 11.1 Å². The van der Waals surface area contributed by atoms with Gasteiger partial charge in [0.15, 0.2) is 0 Å². The van der Waals surface area contributed by atoms with Crippen LogP contribution in [-0.4, -0.2) is 38.7 Å². The average molecular weight is 531 g/mol. The molecule has 2 aromatic heterocycles. The summed E-state index contributed by atoms with van der Waals surface area (Å²) in [6.07, 6.45) is 9.01. The summed E-state index contributed by atoms with van der Waals surface area (Å²) in [5.41, 5.74) is 4.44. The summed E-state index contributed by atoms with van der Waals surface area (Å²) in [5, 5.41) is 1.89. The zero-order valence-corrected chi connectivity index (χ0v) is 22.6. The second kappa shape index (κ2) is 11.0. The van der Waals surface area contributed by atoms with Crippen molar-refractivity contribution in [2.24, 2.45) is 0 Å². The summed E-state index contributed by atoms with van der Waals surface area (Å²) < 4.78 is 3.28. The number of hydrogen-bond donors (Lipinski definition) is 1. The molecule has 4 aromatic rings. The Morgan fingerprint density at radius 2 is 1.74 bits per heavy atom. The Bertz CT molecular complexity index is 1570. The lowest BCUT2D eigenvalue weighted by molar-refractivity contribution is 0.204. The third-order valence-electron chi connectivity index (χ3n) is 8.40. The van der Waals surface area contributed by atoms with Crippen molar-refractivity contribution < 1.29 is 0 Å². The summed E-state index contributed by atoms with van der Waals surface area (Å²) in [7, 11) is 0. The van der Waals surface area contributed by atoms with Gasteiger partial charge in [-0.3, -0.25) is 13.9 Å². The van der Waals surface area contributed by atoms with E-state index in [-0.39, 0.29) is 11.2 Å². The number of aromatic amines is 1. The van der Waals surface area contributed by atoms with Crippen LogP contribution in [0.25, 0.3) is 22.0 Å². The predicted molar refractivity (Wildman–Crippen MR) is 154 cm³/mol. The zero-order valence-electron chi connectivity index (χ0n) is 21.8. The maximum Gasteiger partial charge on any atom is 0.331 e. The maximum absolute atomic E-state index is 13.7. The quantitative estimate of drug-likeness (QED) is 0.307. The number of H-pyrrole nitrogens is 1. The Hall–Kier alpha value is -3.09. The SMILES string of the molecule is O=c1c(-c2ccccc2Cl)c2n(c(=O)n1CCCCN1CCCC(c3c[nH]c4ccccc34)C1)CCCC2. The molecule has 6 nitrogen and oxygen atoms in total. The molecule has 0 bridgehead atoms. The first-order valence-electron chi connectivity index (χ1n) is 14.0. The van der Waals surface area contributed by atoms with Crippen molar-refractivity contribution in [3.05, 3.63) is 91.8 Å². The molecule has 0 saturated carbocycles. The van der Waals surface area contributed by atoms with E-state index in [0.29, 0.717) is 29.6 Å². The van der Waals surface area contributed by atoms with Crippen LogP contribution in [-0.2, 0) is 19.5 Å². The van der Waals surface area contributed by atoms with Crippen LogP contribution < -0.4 is 11.2 Å². The second-order valence-electron chi connectivity index (χ2n) is 10.8. The Kier molecular flexibility index (Phi) is 7.26. The highest BCUT2D eigenvalue weighted by molar-refractivity contribution is 6.33. The molecule has 2 aliphatic heterocycles. The van der Waals surface area contributed by atoms with Crippen LogP contribution in [0, 0.1) is 0 Å². The number of para-hydroxylation sites is 1. The van der Waals surface area contributed by atoms with Crippen LogP contribution in [0.3, 0.4) is 0 Å². The van der Waals surface area contributed by atoms with Crippen LogP contribution in [0.15, 0.2) is 64.3 Å². The monoisotopic (exact) mass is 530 g/mol. The first kappa shape index (κ1) is 25.2. The normalized spacial score (nSPS) is 18.1. The average Bonchev–Trinajstić information content (AvgIpc) is 3.38. The van der Waals surface area contributed by atoms with Gasteiger partial charge in [0, 0.05) is 53.0 Å². The smallest absolute Gasteiger partial charge is 0.331 e. The molecule has 1 atom stereocenters. The minimum Gasteiger partial charge on any atom is -0.361 e. The number of benzene rings is 2. The molecule has 1 fully saturated rings. The Morgan fingerprint density at radius 1 is 0.921 bits per heavy atom. The van der Waals surface area contributed by atoms with Crippen molar-refractivity contribution in [2.45, 2.75) is 64.0 Å². The molecule has 0 aliphatic carbocycles. The molecule has 1 N–H and O–H groups in total. The molecule has 0 spiro atoms. The van der Waals surface area contributed by atoms with Crippen molar-refractivity contribution in [3.63, 3.8) is 0 Å². The summed E-state index contributed by atoms with van der Waals surface area (Å²) >= 11 is 6.52. The van der Waals surface area contributed by atoms with E-state index in [1.807, 2.05) is 28.8 Å². The van der Waals surface area contributed by atoms with Gasteiger partial charge in [0.2, 0.25) is 0 Å². The Balaban J connectivity index is 1.16. The van der Waals surface area contributed by atoms with E-state index in [2.05, 4.69) is 40.3 Å². The third-order valence-corrected chi connectivity index (χ3v) is 8.73. The fraction of sp³-hybridized carbons (Fsp3) is 0.419. The minimum atomic E-state index is -0.200. The standard InChI is InChI=1S/C31H35ClN4O2/c32-26-13-3-1-12-24(26)29-28-15-5-6-18-35(28)31(38)36(30(29)37)19-8-7-16-34-17-9-10-22(21-34)25-20-33-27-14-4-2-11-23(25)27/h1-4,11-14,20,22,33H,5-10,15-19,21H2. The van der Waals surface area contributed by atoms with Gasteiger partial charge >= 0.3 is 5.69 Å². The van der Waals surface area contributed by atoms with Crippen LogP contribution in [0.5, 0.6) is 0 Å². The first-order valence-corrected chi connectivity index (χ1v) is 14.4. The number of fused-ring (bicyclic) bond motifs is 2. The van der Waals surface area contributed by atoms with Gasteiger partial charge in [-0.1, -0.05) is 48.0 Å². The molecule has 198 valence electrons. The lowest BCUT2D eigenvalue weighted by Crippen LogP contribution is -2.44. The molecule has 2 aromatic carbocycles. The van der Waals surface area contributed by atoms with Gasteiger partial charge in [-0.25, -0.2) is 4.79 Å². The molecular weight excluding hydrogens is 496 g/mol. The van der Waals surface area contributed by atoms with Crippen LogP contribution in [0.2, 0.25) is 5.02 Å². The third kappa shape index (κ3) is 4.76. The summed E-state index contributed by atoms with van der Waals surface area (Å²) in [4.78, 5) is 33.0. The van der Waals surface area contributed by atoms with Crippen LogP contribution >= 0.6 is 11.6 Å². The second-order valence-corrected chi connectivity index (χ2v) is 11.2. The molecule has 1 unspecified atom stereocenters. The molecule has 2 aliphatic rings. The largest absolute Gasteiger partial charge is 0.361 e. The Labute approximate surface area is 227 Å². The number of rotatable bonds is 7. The van der Waals surface area contributed by atoms with Gasteiger partial charge in [0.05, 0.1) is 5.56 Å². The van der Waals surface area contributed by atoms with Crippen molar-refractivity contribution in [1.82, 2.24) is 19.0 Å². The van der Waals surface area contributed by atoms with Crippen LogP contribution in [0.4, 0.5) is 0 Å². The minimum absolute atomic E-state index is 0.169. The van der Waals surface area contributed by atoms with Crippen molar-refractivity contribution >= 4 is 22.5 Å². The molecule has 38 heavy (non-hydrogen) atoms. The van der Waals surface area contributed by atoms with Gasteiger partial charge in [-0.05, 0) is 81.6 Å². The maximum atomic E-state index is 13.7. The molecule has 4 heterocycles. The van der Waals surface area contributed by atoms with Gasteiger partial charge in [0.25, 0.3) is 5.56 Å². The fourth-order valence-corrected chi connectivity index (χ4v) is 6.71. The Morgan fingerprint density at radius 3 is 2.63 bits per heavy atom. The lowest BCUT2D eigenvalue weighted by Gasteiger charge is -2.32. The number of nitrogens with zero attached hydrogens (tertiary/aromatic N) is 3. The highest BCUT2D eigenvalue weighted by Crippen LogP contribution is 2.32. The van der Waals surface area contributed by atoms with Gasteiger partial charge in [-0.2, -0.15) is 0 Å². The van der Waals surface area contributed by atoms with Gasteiger partial charge in [0.1, 0.15) is 0 Å². The number of likely N-dealkylation sites (tertiary alicyclic amines) is 1. The highest BCUT2D eigenvalue weighted by atomic mass is 35.5. The van der Waals surface area contributed by atoms with E-state index in [4.69, 9.17) is 11.6 Å². The van der Waals surface area contributed by atoms with Crippen molar-refractivity contribution in [1.29, 1.82) is 0 Å². The van der Waals surface area contributed by atoms with E-state index in [1.54, 1.807) is 0 Å². The number of aromatic nitrogens is 3. The first-order chi connectivity index (χ1) is 18.6. The summed E-state index contributed by atoms with van der Waals surface area (Å²) in [6, 6.07) is 16.0. The number of halogens is 1. The molecule has 0 amide bonds. The van der Waals surface area contributed by atoms with Crippen molar-refractivity contribution in [2.75, 3.05) is 19.6 Å². The van der Waals surface area contributed by atoms with E-state index >= 15 is 0 Å². The number of piperidine rings is 1. The highest BCUT2D eigenvalue weighted by Gasteiger charge is 2.25. The fourth-order valence-electron chi connectivity index (χ4n) is 6.48. The number of nitrogens with one attached hydrogen (secondary N) is 1. The zero-order chi connectivity index (χ0) is 26.1. The predicted octanol–water partition coefficient (Wildman–Crippen LogP) is 5.81. The van der Waals surface area contributed by atoms with Gasteiger partial charge < -0.3 is 9.88 Å². The summed E-state index contributed by atoms with van der Waals surface area (Å²) in [6.45, 7) is 4.25. The molecule has 7 heteroatoms. The summed E-state index contributed by atoms with van der Waals surface area (Å²) in [5.74, 6) is 0.533. The molecule has 0 radical (unpaired) electrons. The van der Waals surface area contributed by atoms with E-state index in [1.165, 1.54) is 33.9 Å². The molecular formula is C31H35ClN4O2. The van der Waals surface area contributed by atoms with E-state index in [0.717, 1.165) is 63.0 Å².